The molecule has 1 aliphatic heterocycles. The van der Waals surface area contributed by atoms with Crippen LogP contribution in [0.3, 0.4) is 0 Å². The van der Waals surface area contributed by atoms with Gasteiger partial charge in [-0.15, -0.1) is 0 Å². The van der Waals surface area contributed by atoms with Crippen molar-refractivity contribution in [2.45, 2.75) is 57.7 Å². The molecule has 0 bridgehead atoms. The van der Waals surface area contributed by atoms with Crippen molar-refractivity contribution in [3.05, 3.63) is 0 Å². The van der Waals surface area contributed by atoms with Crippen LogP contribution >= 0.6 is 0 Å². The topological polar surface area (TPSA) is 26.3 Å². The number of rotatable bonds is 3. The lowest BCUT2D eigenvalue weighted by atomic mass is 9.89. The Morgan fingerprint density at radius 1 is 1.50 bits per heavy atom. The predicted octanol–water partition coefficient (Wildman–Crippen LogP) is 2.56. The molecule has 1 saturated carbocycles. The van der Waals surface area contributed by atoms with Crippen molar-refractivity contribution in [3.8, 4) is 0 Å². The van der Waals surface area contributed by atoms with Crippen LogP contribution in [0.4, 0.5) is 0 Å². The van der Waals surface area contributed by atoms with E-state index >= 15 is 0 Å². The molecule has 2 nitrogen and oxygen atoms in total. The third-order valence-electron chi connectivity index (χ3n) is 4.11. The molecule has 1 heterocycles. The van der Waals surface area contributed by atoms with E-state index in [2.05, 4.69) is 13.8 Å². The first-order valence-corrected chi connectivity index (χ1v) is 5.72. The van der Waals surface area contributed by atoms with Gasteiger partial charge in [-0.1, -0.05) is 13.8 Å². The van der Waals surface area contributed by atoms with E-state index in [0.717, 1.165) is 31.5 Å². The maximum Gasteiger partial charge on any atom is 0.151 e. The summed E-state index contributed by atoms with van der Waals surface area (Å²) in [6, 6.07) is 0. The second-order valence-corrected chi connectivity index (χ2v) is 5.27. The summed E-state index contributed by atoms with van der Waals surface area (Å²) in [6.45, 7) is 6.38. The van der Waals surface area contributed by atoms with Crippen molar-refractivity contribution in [3.63, 3.8) is 0 Å². The molecule has 0 aromatic rings. The highest BCUT2D eigenvalue weighted by Gasteiger charge is 2.56. The molecular formula is C12H20O2. The number of hydrogen-bond donors (Lipinski definition) is 0. The summed E-state index contributed by atoms with van der Waals surface area (Å²) in [5.41, 5.74) is -0.479. The molecule has 2 fully saturated rings. The van der Waals surface area contributed by atoms with Crippen molar-refractivity contribution in [2.75, 3.05) is 0 Å². The van der Waals surface area contributed by atoms with Gasteiger partial charge in [0.15, 0.2) is 6.29 Å². The second kappa shape index (κ2) is 3.06. The van der Waals surface area contributed by atoms with Crippen LogP contribution in [0.15, 0.2) is 0 Å². The third-order valence-corrected chi connectivity index (χ3v) is 4.11. The zero-order valence-electron chi connectivity index (χ0n) is 9.38. The quantitative estimate of drug-likeness (QED) is 0.648. The number of hydrogen-bond acceptors (Lipinski definition) is 2. The van der Waals surface area contributed by atoms with E-state index in [-0.39, 0.29) is 5.60 Å². The Morgan fingerprint density at radius 2 is 2.14 bits per heavy atom. The van der Waals surface area contributed by atoms with Crippen molar-refractivity contribution in [2.24, 2.45) is 11.8 Å². The molecule has 0 amide bonds. The molecule has 80 valence electrons. The van der Waals surface area contributed by atoms with Crippen molar-refractivity contribution in [1.29, 1.82) is 0 Å². The lowest BCUT2D eigenvalue weighted by Gasteiger charge is -2.30. The zero-order valence-corrected chi connectivity index (χ0v) is 9.38. The van der Waals surface area contributed by atoms with Crippen molar-refractivity contribution >= 4 is 6.29 Å². The molecule has 0 spiro atoms. The summed E-state index contributed by atoms with van der Waals surface area (Å²) in [5, 5.41) is 0. The highest BCUT2D eigenvalue weighted by atomic mass is 16.5. The summed E-state index contributed by atoms with van der Waals surface area (Å²) in [5.74, 6) is 1.50. The van der Waals surface area contributed by atoms with Crippen LogP contribution in [-0.2, 0) is 9.53 Å². The average Bonchev–Trinajstić information content (AvgIpc) is 2.80. The first kappa shape index (κ1) is 10.2. The van der Waals surface area contributed by atoms with Crippen molar-refractivity contribution in [1.82, 2.24) is 0 Å². The first-order chi connectivity index (χ1) is 6.55. The van der Waals surface area contributed by atoms with Gasteiger partial charge in [0, 0.05) is 0 Å². The molecule has 1 aliphatic carbocycles. The zero-order chi connectivity index (χ0) is 10.4. The highest BCUT2D eigenvalue weighted by molar-refractivity contribution is 5.62. The lowest BCUT2D eigenvalue weighted by molar-refractivity contribution is -0.142. The Bertz CT molecular complexity index is 251. The maximum absolute atomic E-state index is 10.9. The van der Waals surface area contributed by atoms with Crippen LogP contribution in [0.2, 0.25) is 0 Å². The van der Waals surface area contributed by atoms with Crippen LogP contribution in [0, 0.1) is 11.8 Å². The Labute approximate surface area is 86.0 Å². The first-order valence-electron chi connectivity index (χ1n) is 5.72. The van der Waals surface area contributed by atoms with Gasteiger partial charge in [0.1, 0.15) is 5.60 Å². The minimum Gasteiger partial charge on any atom is -0.361 e. The molecule has 0 aromatic heterocycles. The van der Waals surface area contributed by atoms with Crippen molar-refractivity contribution < 1.29 is 9.53 Å². The van der Waals surface area contributed by atoms with E-state index in [1.165, 1.54) is 6.42 Å². The van der Waals surface area contributed by atoms with Crippen LogP contribution < -0.4 is 0 Å². The second-order valence-electron chi connectivity index (χ2n) is 5.27. The minimum atomic E-state index is -0.502. The van der Waals surface area contributed by atoms with Gasteiger partial charge in [0.2, 0.25) is 0 Å². The molecule has 1 saturated heterocycles. The predicted molar refractivity (Wildman–Crippen MR) is 55.1 cm³/mol. The minimum absolute atomic E-state index is 0.0229. The molecule has 14 heavy (non-hydrogen) atoms. The van der Waals surface area contributed by atoms with Crippen LogP contribution in [-0.4, -0.2) is 17.5 Å². The standard InChI is InChI=1S/C12H20O2/c1-4-12(10-7-9(10)2)6-5-11(3,8-13)14-12/h8-10H,4-7H2,1-3H3. The van der Waals surface area contributed by atoms with Gasteiger partial charge < -0.3 is 9.53 Å². The van der Waals surface area contributed by atoms with Crippen LogP contribution in [0.5, 0.6) is 0 Å². The van der Waals surface area contributed by atoms with Gasteiger partial charge in [-0.3, -0.25) is 0 Å². The van der Waals surface area contributed by atoms with E-state index < -0.39 is 5.60 Å². The van der Waals surface area contributed by atoms with E-state index in [1.54, 1.807) is 0 Å². The fourth-order valence-corrected chi connectivity index (χ4v) is 2.94. The lowest BCUT2D eigenvalue weighted by Crippen LogP contribution is -2.36. The van der Waals surface area contributed by atoms with E-state index in [9.17, 15) is 4.79 Å². The third kappa shape index (κ3) is 1.40. The number of ether oxygens (including phenoxy) is 1. The SMILES string of the molecule is CCC1(C2CC2C)CCC(C)(C=O)O1. The summed E-state index contributed by atoms with van der Waals surface area (Å²) < 4.78 is 6.06. The summed E-state index contributed by atoms with van der Waals surface area (Å²) in [6.07, 6.45) is 5.27. The Balaban J connectivity index is 2.13. The largest absolute Gasteiger partial charge is 0.361 e. The molecule has 4 unspecified atom stereocenters. The van der Waals surface area contributed by atoms with Crippen LogP contribution in [0.25, 0.3) is 0 Å². The van der Waals surface area contributed by atoms with Gasteiger partial charge >= 0.3 is 0 Å². The van der Waals surface area contributed by atoms with E-state index in [1.807, 2.05) is 6.92 Å². The van der Waals surface area contributed by atoms with E-state index in [0.29, 0.717) is 5.92 Å². The number of carbonyl (C=O) groups excluding carboxylic acids is 1. The maximum atomic E-state index is 10.9. The average molecular weight is 196 g/mol. The smallest absolute Gasteiger partial charge is 0.151 e. The molecule has 2 heteroatoms. The van der Waals surface area contributed by atoms with Gasteiger partial charge in [0.25, 0.3) is 0 Å². The Morgan fingerprint density at radius 3 is 2.50 bits per heavy atom. The summed E-state index contributed by atoms with van der Waals surface area (Å²) in [7, 11) is 0. The molecule has 2 rings (SSSR count). The fourth-order valence-electron chi connectivity index (χ4n) is 2.94. The number of carbonyl (C=O) groups is 1. The Hall–Kier alpha value is -0.370. The summed E-state index contributed by atoms with van der Waals surface area (Å²) in [4.78, 5) is 10.9. The normalized spacial score (nSPS) is 51.9. The molecule has 0 aromatic carbocycles. The highest BCUT2D eigenvalue weighted by Crippen LogP contribution is 2.56. The molecular weight excluding hydrogens is 176 g/mol. The van der Waals surface area contributed by atoms with Gasteiger partial charge in [-0.2, -0.15) is 0 Å². The summed E-state index contributed by atoms with van der Waals surface area (Å²) >= 11 is 0. The number of aldehydes is 1. The molecule has 0 N–H and O–H groups in total. The van der Waals surface area contributed by atoms with Gasteiger partial charge in [-0.05, 0) is 44.4 Å². The molecule has 4 atom stereocenters. The van der Waals surface area contributed by atoms with Crippen LogP contribution in [0.1, 0.15) is 46.5 Å². The molecule has 0 radical (unpaired) electrons. The Kier molecular flexibility index (Phi) is 2.22. The van der Waals surface area contributed by atoms with E-state index in [4.69, 9.17) is 4.74 Å². The monoisotopic (exact) mass is 196 g/mol. The fraction of sp³-hybridized carbons (Fsp3) is 0.917. The van der Waals surface area contributed by atoms with Gasteiger partial charge in [-0.25, -0.2) is 0 Å². The molecule has 2 aliphatic rings. The van der Waals surface area contributed by atoms with Gasteiger partial charge in [0.05, 0.1) is 5.60 Å².